The summed E-state index contributed by atoms with van der Waals surface area (Å²) in [4.78, 5) is 16.9. The predicted molar refractivity (Wildman–Crippen MR) is 128 cm³/mol. The van der Waals surface area contributed by atoms with E-state index >= 15 is 0 Å². The van der Waals surface area contributed by atoms with E-state index in [1.165, 1.54) is 37.9 Å². The summed E-state index contributed by atoms with van der Waals surface area (Å²) in [6.45, 7) is 3.21. The van der Waals surface area contributed by atoms with Gasteiger partial charge in [0.15, 0.2) is 5.78 Å². The summed E-state index contributed by atoms with van der Waals surface area (Å²) >= 11 is 0. The lowest BCUT2D eigenvalue weighted by molar-refractivity contribution is -0.168. The van der Waals surface area contributed by atoms with Crippen molar-refractivity contribution in [2.45, 2.75) is 70.4 Å². The molecule has 1 aromatic carbocycles. The van der Waals surface area contributed by atoms with Crippen LogP contribution in [0.4, 0.5) is 13.2 Å². The number of nitriles is 1. The van der Waals surface area contributed by atoms with Gasteiger partial charge in [-0.15, -0.1) is 0 Å². The Kier molecular flexibility index (Phi) is 7.12. The van der Waals surface area contributed by atoms with Crippen LogP contribution in [0.2, 0.25) is 0 Å². The molecule has 1 N–H and O–H groups in total. The van der Waals surface area contributed by atoms with Crippen molar-refractivity contribution in [3.63, 3.8) is 0 Å². The van der Waals surface area contributed by atoms with Crippen LogP contribution in [0.25, 0.3) is 0 Å². The summed E-state index contributed by atoms with van der Waals surface area (Å²) in [6.07, 6.45) is 1.81. The number of rotatable bonds is 5. The average molecular weight is 482 g/mol. The van der Waals surface area contributed by atoms with Crippen LogP contribution in [0.3, 0.4) is 0 Å². The molecule has 0 amide bonds. The van der Waals surface area contributed by atoms with Crippen molar-refractivity contribution < 1.29 is 18.0 Å². The topological polar surface area (TPSA) is 77.6 Å². The van der Waals surface area contributed by atoms with Crippen LogP contribution in [0, 0.1) is 34.5 Å². The van der Waals surface area contributed by atoms with Gasteiger partial charge in [0, 0.05) is 41.1 Å². The third kappa shape index (κ3) is 5.17. The van der Waals surface area contributed by atoms with E-state index in [0.29, 0.717) is 28.8 Å². The first-order valence-electron chi connectivity index (χ1n) is 12.3. The SMILES string of the molecule is CC1c2ccc(C#N)cc2C(=N)C(c2ccc(C(=O)CC(C)C(F)(F)F)cn2)CC1C1CCCC1. The molecule has 184 valence electrons. The molecule has 0 radical (unpaired) electrons. The molecular weight excluding hydrogens is 451 g/mol. The van der Waals surface area contributed by atoms with Crippen molar-refractivity contribution in [3.05, 3.63) is 64.5 Å². The lowest BCUT2D eigenvalue weighted by Crippen LogP contribution is -2.23. The number of carbonyl (C=O) groups excluding carboxylic acids is 1. The largest absolute Gasteiger partial charge is 0.391 e. The molecule has 2 aliphatic carbocycles. The van der Waals surface area contributed by atoms with Gasteiger partial charge in [-0.2, -0.15) is 18.4 Å². The van der Waals surface area contributed by atoms with Gasteiger partial charge in [-0.05, 0) is 54.0 Å². The summed E-state index contributed by atoms with van der Waals surface area (Å²) in [6, 6.07) is 11.0. The van der Waals surface area contributed by atoms with Crippen LogP contribution in [0.5, 0.6) is 0 Å². The van der Waals surface area contributed by atoms with Crippen LogP contribution in [0.15, 0.2) is 36.5 Å². The fraction of sp³-hybridized carbons (Fsp3) is 0.500. The fourth-order valence-electron chi connectivity index (χ4n) is 5.81. The van der Waals surface area contributed by atoms with Gasteiger partial charge in [-0.25, -0.2) is 0 Å². The van der Waals surface area contributed by atoms with E-state index in [4.69, 9.17) is 5.41 Å². The zero-order chi connectivity index (χ0) is 25.3. The van der Waals surface area contributed by atoms with Crippen molar-refractivity contribution in [1.29, 1.82) is 10.7 Å². The second-order valence-corrected chi connectivity index (χ2v) is 10.2. The van der Waals surface area contributed by atoms with Gasteiger partial charge < -0.3 is 5.41 Å². The minimum Gasteiger partial charge on any atom is -0.304 e. The molecule has 4 nitrogen and oxygen atoms in total. The maximum absolute atomic E-state index is 12.9. The second-order valence-electron chi connectivity index (χ2n) is 10.2. The Morgan fingerprint density at radius 1 is 1.23 bits per heavy atom. The molecule has 2 aliphatic rings. The predicted octanol–water partition coefficient (Wildman–Crippen LogP) is 7.19. The number of nitrogens with one attached hydrogen (secondary N) is 1. The second kappa shape index (κ2) is 9.93. The number of pyridine rings is 1. The standard InChI is InChI=1S/C28H30F3N3O/c1-16(28(29,30)31)11-26(35)20-8-10-25(34-15-20)24-13-22(19-5-3-4-6-19)17(2)21-9-7-18(14-32)12-23(21)27(24)33/h7-10,12,15-17,19,22,24,33H,3-6,11,13H2,1-2H3. The summed E-state index contributed by atoms with van der Waals surface area (Å²) in [5, 5.41) is 18.5. The van der Waals surface area contributed by atoms with E-state index in [0.717, 1.165) is 24.5 Å². The highest BCUT2D eigenvalue weighted by molar-refractivity contribution is 6.05. The minimum absolute atomic E-state index is 0.151. The first-order valence-corrected chi connectivity index (χ1v) is 12.3. The number of aromatic nitrogens is 1. The van der Waals surface area contributed by atoms with Crippen LogP contribution < -0.4 is 0 Å². The number of nitrogens with zero attached hydrogens (tertiary/aromatic N) is 2. The first kappa shape index (κ1) is 25.1. The average Bonchev–Trinajstić information content (AvgIpc) is 3.34. The number of fused-ring (bicyclic) bond motifs is 1. The van der Waals surface area contributed by atoms with Crippen molar-refractivity contribution in [2.75, 3.05) is 0 Å². The van der Waals surface area contributed by atoms with E-state index in [2.05, 4.69) is 18.0 Å². The zero-order valence-corrected chi connectivity index (χ0v) is 20.0. The van der Waals surface area contributed by atoms with Gasteiger partial charge in [0.05, 0.1) is 17.6 Å². The number of halogens is 3. The highest BCUT2D eigenvalue weighted by Crippen LogP contribution is 2.48. The molecule has 4 unspecified atom stereocenters. The van der Waals surface area contributed by atoms with Crippen LogP contribution in [-0.2, 0) is 0 Å². The van der Waals surface area contributed by atoms with Gasteiger partial charge in [0.1, 0.15) is 0 Å². The molecule has 0 spiro atoms. The number of Topliss-reactive ketones (excluding diaryl/α,β-unsaturated/α-hetero) is 1. The molecule has 35 heavy (non-hydrogen) atoms. The highest BCUT2D eigenvalue weighted by Gasteiger charge is 2.39. The Bertz CT molecular complexity index is 1140. The number of carbonyl (C=O) groups is 1. The Balaban J connectivity index is 1.66. The van der Waals surface area contributed by atoms with E-state index < -0.39 is 24.3 Å². The molecular formula is C28H30F3N3O. The minimum atomic E-state index is -4.42. The molecule has 1 heterocycles. The maximum Gasteiger partial charge on any atom is 0.391 e. The summed E-state index contributed by atoms with van der Waals surface area (Å²) in [7, 11) is 0. The quantitative estimate of drug-likeness (QED) is 0.363. The van der Waals surface area contributed by atoms with Crippen molar-refractivity contribution >= 4 is 11.5 Å². The molecule has 4 atom stereocenters. The summed E-state index contributed by atoms with van der Waals surface area (Å²) < 4.78 is 38.6. The number of hydrogen-bond acceptors (Lipinski definition) is 4. The number of alkyl halides is 3. The third-order valence-electron chi connectivity index (χ3n) is 7.98. The van der Waals surface area contributed by atoms with E-state index in [-0.39, 0.29) is 17.4 Å². The van der Waals surface area contributed by atoms with Gasteiger partial charge in [0.25, 0.3) is 0 Å². The lowest BCUT2D eigenvalue weighted by atomic mass is 9.75. The van der Waals surface area contributed by atoms with Crippen molar-refractivity contribution in [2.24, 2.45) is 17.8 Å². The monoisotopic (exact) mass is 481 g/mol. The normalized spacial score (nSPS) is 23.9. The van der Waals surface area contributed by atoms with Gasteiger partial charge >= 0.3 is 6.18 Å². The molecule has 0 bridgehead atoms. The number of hydrogen-bond donors (Lipinski definition) is 1. The van der Waals surface area contributed by atoms with Gasteiger partial charge in [-0.3, -0.25) is 9.78 Å². The van der Waals surface area contributed by atoms with Crippen LogP contribution >= 0.6 is 0 Å². The molecule has 2 aromatic rings. The Morgan fingerprint density at radius 3 is 2.54 bits per heavy atom. The Hall–Kier alpha value is -3.01. The molecule has 1 saturated carbocycles. The maximum atomic E-state index is 12.9. The van der Waals surface area contributed by atoms with Crippen LogP contribution in [0.1, 0.15) is 97.0 Å². The lowest BCUT2D eigenvalue weighted by Gasteiger charge is -2.30. The molecule has 0 aliphatic heterocycles. The van der Waals surface area contributed by atoms with Gasteiger partial charge in [0.2, 0.25) is 0 Å². The van der Waals surface area contributed by atoms with E-state index in [1.54, 1.807) is 12.1 Å². The van der Waals surface area contributed by atoms with E-state index in [9.17, 15) is 23.2 Å². The van der Waals surface area contributed by atoms with E-state index in [1.807, 2.05) is 12.1 Å². The summed E-state index contributed by atoms with van der Waals surface area (Å²) in [5.74, 6) is -1.47. The Morgan fingerprint density at radius 2 is 1.94 bits per heavy atom. The van der Waals surface area contributed by atoms with Gasteiger partial charge in [-0.1, -0.05) is 45.6 Å². The van der Waals surface area contributed by atoms with Crippen molar-refractivity contribution in [3.8, 4) is 6.07 Å². The smallest absolute Gasteiger partial charge is 0.304 e. The first-order chi connectivity index (χ1) is 16.6. The molecule has 1 aromatic heterocycles. The third-order valence-corrected chi connectivity index (χ3v) is 7.98. The fourth-order valence-corrected chi connectivity index (χ4v) is 5.81. The van der Waals surface area contributed by atoms with Crippen LogP contribution in [-0.4, -0.2) is 22.7 Å². The zero-order valence-electron chi connectivity index (χ0n) is 20.0. The molecule has 0 saturated heterocycles. The molecule has 4 rings (SSSR count). The molecule has 1 fully saturated rings. The number of benzene rings is 1. The Labute approximate surface area is 204 Å². The number of ketones is 1. The van der Waals surface area contributed by atoms with Crippen molar-refractivity contribution in [1.82, 2.24) is 4.98 Å². The highest BCUT2D eigenvalue weighted by atomic mass is 19.4. The summed E-state index contributed by atoms with van der Waals surface area (Å²) in [5.41, 5.74) is 3.55. The molecule has 7 heteroatoms.